The van der Waals surface area contributed by atoms with Gasteiger partial charge in [-0.15, -0.1) is 0 Å². The van der Waals surface area contributed by atoms with Gasteiger partial charge in [0.2, 0.25) is 0 Å². The third-order valence-corrected chi connectivity index (χ3v) is 6.98. The van der Waals surface area contributed by atoms with Crippen LogP contribution in [0.25, 0.3) is 11.0 Å². The van der Waals surface area contributed by atoms with Gasteiger partial charge >= 0.3 is 0 Å². The molecule has 3 aromatic rings. The molecule has 0 unspecified atom stereocenters. The van der Waals surface area contributed by atoms with Gasteiger partial charge in [-0.2, -0.15) is 5.10 Å². The highest BCUT2D eigenvalue weighted by molar-refractivity contribution is 6.06. The van der Waals surface area contributed by atoms with Crippen LogP contribution in [-0.2, 0) is 12.0 Å². The molecule has 2 amide bonds. The summed E-state index contributed by atoms with van der Waals surface area (Å²) in [6.07, 6.45) is 7.86. The minimum atomic E-state index is -0.563. The summed E-state index contributed by atoms with van der Waals surface area (Å²) in [5.41, 5.74) is 8.53. The molecule has 0 saturated carbocycles. The normalized spacial score (nSPS) is 18.0. The summed E-state index contributed by atoms with van der Waals surface area (Å²) in [5, 5.41) is 4.57. The van der Waals surface area contributed by atoms with Gasteiger partial charge in [-0.1, -0.05) is 0 Å². The molecule has 3 aromatic heterocycles. The van der Waals surface area contributed by atoms with E-state index < -0.39 is 5.91 Å². The van der Waals surface area contributed by atoms with Crippen LogP contribution < -0.4 is 5.73 Å². The number of H-pyrrole nitrogens is 1. The maximum atomic E-state index is 13.1. The number of fused-ring (bicyclic) bond motifs is 2. The number of nitrogens with one attached hydrogen (secondary N) is 1. The quantitative estimate of drug-likeness (QED) is 0.623. The molecule has 1 saturated heterocycles. The lowest BCUT2D eigenvalue weighted by Crippen LogP contribution is -2.46. The Morgan fingerprint density at radius 1 is 1.18 bits per heavy atom. The van der Waals surface area contributed by atoms with Crippen LogP contribution in [0, 0.1) is 5.41 Å². The van der Waals surface area contributed by atoms with Crippen LogP contribution in [0.4, 0.5) is 0 Å². The number of likely N-dealkylation sites (tertiary alicyclic amines) is 1. The molecule has 5 rings (SSSR count). The number of primary amides is 1. The van der Waals surface area contributed by atoms with Crippen molar-refractivity contribution in [3.63, 3.8) is 0 Å². The summed E-state index contributed by atoms with van der Waals surface area (Å²) < 4.78 is 1.89. The second kappa shape index (κ2) is 7.26. The van der Waals surface area contributed by atoms with E-state index in [1.54, 1.807) is 6.07 Å². The molecule has 1 fully saturated rings. The fourth-order valence-electron chi connectivity index (χ4n) is 5.04. The van der Waals surface area contributed by atoms with Gasteiger partial charge in [-0.25, -0.2) is 0 Å². The van der Waals surface area contributed by atoms with E-state index in [1.165, 1.54) is 12.4 Å². The Bertz CT molecular complexity index is 1290. The largest absolute Gasteiger partial charge is 0.365 e. The van der Waals surface area contributed by atoms with E-state index in [2.05, 4.69) is 35.8 Å². The van der Waals surface area contributed by atoms with E-state index >= 15 is 0 Å². The minimum absolute atomic E-state index is 0.0992. The predicted octanol–water partition coefficient (Wildman–Crippen LogP) is 2.66. The molecule has 3 N–H and O–H groups in total. The summed E-state index contributed by atoms with van der Waals surface area (Å²) in [5.74, 6) is -0.559. The lowest BCUT2D eigenvalue weighted by Gasteiger charge is -2.43. The molecule has 0 bridgehead atoms. The Morgan fingerprint density at radius 2 is 1.91 bits per heavy atom. The van der Waals surface area contributed by atoms with E-state index in [0.29, 0.717) is 47.4 Å². The topological polar surface area (TPSA) is 127 Å². The summed E-state index contributed by atoms with van der Waals surface area (Å²) in [4.78, 5) is 46.6. The molecule has 0 atom stereocenters. The SMILES string of the molecule is CC(C)(C)n1cc2c(n1)C(=O)CC1(CCN(C(=O)c3cnc4c(C(N)=O)c[nH]c4c3)CC1)C2. The zero-order chi connectivity index (χ0) is 23.5. The van der Waals surface area contributed by atoms with E-state index in [0.717, 1.165) is 24.8 Å². The van der Waals surface area contributed by atoms with Crippen LogP contribution in [-0.4, -0.2) is 55.3 Å². The number of rotatable bonds is 2. The first-order chi connectivity index (χ1) is 15.6. The maximum Gasteiger partial charge on any atom is 0.255 e. The Morgan fingerprint density at radius 3 is 2.58 bits per heavy atom. The molecule has 172 valence electrons. The van der Waals surface area contributed by atoms with E-state index in [9.17, 15) is 14.4 Å². The minimum Gasteiger partial charge on any atom is -0.365 e. The van der Waals surface area contributed by atoms with Crippen molar-refractivity contribution in [3.05, 3.63) is 47.0 Å². The number of pyridine rings is 1. The number of carbonyl (C=O) groups is 3. The highest BCUT2D eigenvalue weighted by atomic mass is 16.2. The van der Waals surface area contributed by atoms with Crippen LogP contribution in [0.15, 0.2) is 24.7 Å². The van der Waals surface area contributed by atoms with Crippen LogP contribution in [0.1, 0.15) is 76.8 Å². The number of nitrogens with zero attached hydrogens (tertiary/aromatic N) is 4. The smallest absolute Gasteiger partial charge is 0.255 e. The number of hydrogen-bond acceptors (Lipinski definition) is 5. The number of piperidine rings is 1. The third kappa shape index (κ3) is 3.61. The molecule has 9 heteroatoms. The molecule has 33 heavy (non-hydrogen) atoms. The number of hydrogen-bond donors (Lipinski definition) is 2. The second-order valence-electron chi connectivity index (χ2n) is 10.4. The average Bonchev–Trinajstić information content (AvgIpc) is 3.37. The lowest BCUT2D eigenvalue weighted by molar-refractivity contribution is 0.0519. The van der Waals surface area contributed by atoms with Gasteiger partial charge in [0, 0.05) is 43.7 Å². The van der Waals surface area contributed by atoms with Crippen molar-refractivity contribution < 1.29 is 14.4 Å². The van der Waals surface area contributed by atoms with Crippen molar-refractivity contribution in [3.8, 4) is 0 Å². The monoisotopic (exact) mass is 448 g/mol. The Labute approximate surface area is 191 Å². The lowest BCUT2D eigenvalue weighted by atomic mass is 9.67. The van der Waals surface area contributed by atoms with Crippen molar-refractivity contribution in [1.29, 1.82) is 0 Å². The molecule has 4 heterocycles. The predicted molar refractivity (Wildman–Crippen MR) is 122 cm³/mol. The van der Waals surface area contributed by atoms with E-state index in [1.807, 2.05) is 15.8 Å². The van der Waals surface area contributed by atoms with Gasteiger partial charge in [0.05, 0.1) is 22.2 Å². The molecular weight excluding hydrogens is 420 g/mol. The van der Waals surface area contributed by atoms with Crippen molar-refractivity contribution >= 4 is 28.6 Å². The molecule has 1 aliphatic carbocycles. The van der Waals surface area contributed by atoms with Crippen molar-refractivity contribution in [2.24, 2.45) is 11.1 Å². The van der Waals surface area contributed by atoms with E-state index in [-0.39, 0.29) is 22.6 Å². The molecule has 0 aromatic carbocycles. The number of amides is 2. The number of aromatic nitrogens is 4. The molecule has 1 aliphatic heterocycles. The van der Waals surface area contributed by atoms with Crippen LogP contribution >= 0.6 is 0 Å². The number of aromatic amines is 1. The van der Waals surface area contributed by atoms with Crippen LogP contribution in [0.5, 0.6) is 0 Å². The Kier molecular flexibility index (Phi) is 4.70. The van der Waals surface area contributed by atoms with Gasteiger partial charge in [-0.05, 0) is 51.5 Å². The molecule has 9 nitrogen and oxygen atoms in total. The Hall–Kier alpha value is -3.49. The van der Waals surface area contributed by atoms with Crippen molar-refractivity contribution in [2.45, 2.75) is 52.0 Å². The van der Waals surface area contributed by atoms with Crippen molar-refractivity contribution in [2.75, 3.05) is 13.1 Å². The summed E-state index contributed by atoms with van der Waals surface area (Å²) in [6, 6.07) is 1.71. The molecular formula is C24H28N6O3. The summed E-state index contributed by atoms with van der Waals surface area (Å²) >= 11 is 0. The first-order valence-corrected chi connectivity index (χ1v) is 11.2. The first kappa shape index (κ1) is 21.4. The van der Waals surface area contributed by atoms with Crippen LogP contribution in [0.3, 0.4) is 0 Å². The number of Topliss-reactive ketones (excluding diaryl/α,β-unsaturated/α-hetero) is 1. The maximum absolute atomic E-state index is 13.1. The Balaban J connectivity index is 1.31. The average molecular weight is 449 g/mol. The van der Waals surface area contributed by atoms with Gasteiger partial charge in [0.1, 0.15) is 11.2 Å². The number of carbonyl (C=O) groups excluding carboxylic acids is 3. The fraction of sp³-hybridized carbons (Fsp3) is 0.458. The van der Waals surface area contributed by atoms with Gasteiger partial charge in [-0.3, -0.25) is 24.0 Å². The summed E-state index contributed by atoms with van der Waals surface area (Å²) in [7, 11) is 0. The van der Waals surface area contributed by atoms with Crippen molar-refractivity contribution in [1.82, 2.24) is 24.6 Å². The standard InChI is InChI=1S/C24H28N6O3/c1-23(2,3)30-13-15-9-24(10-18(31)19(15)28-30)4-6-29(7-5-24)22(33)14-8-17-20(27-11-14)16(12-26-17)21(25)32/h8,11-13,26H,4-7,9-10H2,1-3H3,(H2,25,32). The van der Waals surface area contributed by atoms with Gasteiger partial charge in [0.25, 0.3) is 11.8 Å². The fourth-order valence-corrected chi connectivity index (χ4v) is 5.04. The van der Waals surface area contributed by atoms with Crippen LogP contribution in [0.2, 0.25) is 0 Å². The second-order valence-corrected chi connectivity index (χ2v) is 10.4. The highest BCUT2D eigenvalue weighted by Crippen LogP contribution is 2.43. The summed E-state index contributed by atoms with van der Waals surface area (Å²) in [6.45, 7) is 7.39. The third-order valence-electron chi connectivity index (χ3n) is 6.98. The molecule has 1 spiro atoms. The van der Waals surface area contributed by atoms with Gasteiger partial charge in [0.15, 0.2) is 5.78 Å². The van der Waals surface area contributed by atoms with Gasteiger partial charge < -0.3 is 15.6 Å². The zero-order valence-electron chi connectivity index (χ0n) is 19.1. The highest BCUT2D eigenvalue weighted by Gasteiger charge is 2.43. The molecule has 2 aliphatic rings. The van der Waals surface area contributed by atoms with E-state index in [4.69, 9.17) is 5.73 Å². The first-order valence-electron chi connectivity index (χ1n) is 11.2. The number of ketones is 1. The zero-order valence-corrected chi connectivity index (χ0v) is 19.1. The molecule has 0 radical (unpaired) electrons. The number of nitrogens with two attached hydrogens (primary N) is 1.